The molecule has 98 valence electrons. The molecule has 1 amide bonds. The Morgan fingerprint density at radius 3 is 2.37 bits per heavy atom. The number of nitrogens with one attached hydrogen (secondary N) is 1. The lowest BCUT2D eigenvalue weighted by molar-refractivity contribution is 0.0963. The Hall–Kier alpha value is -2.16. The average Bonchev–Trinajstić information content (AvgIpc) is 2.46. The zero-order valence-corrected chi connectivity index (χ0v) is 11.5. The van der Waals surface area contributed by atoms with Crippen molar-refractivity contribution in [1.82, 2.24) is 10.3 Å². The summed E-state index contributed by atoms with van der Waals surface area (Å²) < 4.78 is 0. The van der Waals surface area contributed by atoms with Crippen molar-refractivity contribution in [2.45, 2.75) is 19.8 Å². The molecular formula is C16H18N2O. The highest BCUT2D eigenvalue weighted by atomic mass is 16.1. The second kappa shape index (κ2) is 5.65. The third-order valence-electron chi connectivity index (χ3n) is 3.14. The monoisotopic (exact) mass is 254 g/mol. The van der Waals surface area contributed by atoms with E-state index < -0.39 is 0 Å². The number of nitrogens with zero attached hydrogens (tertiary/aromatic N) is 1. The van der Waals surface area contributed by atoms with Gasteiger partial charge in [0.2, 0.25) is 0 Å². The van der Waals surface area contributed by atoms with Crippen molar-refractivity contribution < 1.29 is 4.79 Å². The molecule has 1 heterocycles. The van der Waals surface area contributed by atoms with Crippen molar-refractivity contribution in [2.75, 3.05) is 7.05 Å². The van der Waals surface area contributed by atoms with Gasteiger partial charge < -0.3 is 5.32 Å². The number of carbonyl (C=O) groups is 1. The molecule has 0 aliphatic heterocycles. The lowest BCUT2D eigenvalue weighted by Gasteiger charge is -2.08. The van der Waals surface area contributed by atoms with Gasteiger partial charge in [0.15, 0.2) is 0 Å². The number of benzene rings is 1. The molecule has 0 aliphatic carbocycles. The molecule has 2 rings (SSSR count). The van der Waals surface area contributed by atoms with Gasteiger partial charge in [0.1, 0.15) is 0 Å². The van der Waals surface area contributed by atoms with Gasteiger partial charge in [-0.2, -0.15) is 0 Å². The normalized spacial score (nSPS) is 10.5. The van der Waals surface area contributed by atoms with Gasteiger partial charge in [0.05, 0.1) is 5.56 Å². The van der Waals surface area contributed by atoms with Crippen molar-refractivity contribution in [1.29, 1.82) is 0 Å². The largest absolute Gasteiger partial charge is 0.355 e. The first-order valence-corrected chi connectivity index (χ1v) is 6.39. The van der Waals surface area contributed by atoms with Crippen LogP contribution in [0.3, 0.4) is 0 Å². The maximum absolute atomic E-state index is 11.6. The third kappa shape index (κ3) is 2.99. The average molecular weight is 254 g/mol. The molecule has 0 unspecified atom stereocenters. The summed E-state index contributed by atoms with van der Waals surface area (Å²) in [6.45, 7) is 4.34. The van der Waals surface area contributed by atoms with E-state index in [0.717, 1.165) is 11.1 Å². The van der Waals surface area contributed by atoms with E-state index in [1.807, 2.05) is 6.07 Å². The van der Waals surface area contributed by atoms with Crippen molar-refractivity contribution in [2.24, 2.45) is 0 Å². The Morgan fingerprint density at radius 1 is 1.11 bits per heavy atom. The summed E-state index contributed by atoms with van der Waals surface area (Å²) in [5, 5.41) is 2.61. The fourth-order valence-corrected chi connectivity index (χ4v) is 1.93. The summed E-state index contributed by atoms with van der Waals surface area (Å²) in [6, 6.07) is 10.2. The first-order chi connectivity index (χ1) is 9.11. The smallest absolute Gasteiger partial charge is 0.252 e. The fourth-order valence-electron chi connectivity index (χ4n) is 1.93. The van der Waals surface area contributed by atoms with Gasteiger partial charge >= 0.3 is 0 Å². The van der Waals surface area contributed by atoms with Crippen molar-refractivity contribution in [3.63, 3.8) is 0 Å². The number of carbonyl (C=O) groups excluding carboxylic acids is 1. The van der Waals surface area contributed by atoms with Crippen LogP contribution in [0.5, 0.6) is 0 Å². The number of amides is 1. The van der Waals surface area contributed by atoms with Crippen LogP contribution < -0.4 is 5.32 Å². The molecule has 0 bridgehead atoms. The van der Waals surface area contributed by atoms with E-state index in [1.54, 1.807) is 19.4 Å². The summed E-state index contributed by atoms with van der Waals surface area (Å²) in [7, 11) is 1.62. The summed E-state index contributed by atoms with van der Waals surface area (Å²) in [5.74, 6) is 0.400. The van der Waals surface area contributed by atoms with E-state index in [9.17, 15) is 4.79 Å². The van der Waals surface area contributed by atoms with Crippen LogP contribution in [0.4, 0.5) is 0 Å². The molecule has 3 heteroatoms. The Labute approximate surface area is 113 Å². The minimum absolute atomic E-state index is 0.117. The quantitative estimate of drug-likeness (QED) is 0.913. The van der Waals surface area contributed by atoms with Crippen LogP contribution in [-0.2, 0) is 0 Å². The molecule has 1 aromatic carbocycles. The zero-order chi connectivity index (χ0) is 13.8. The van der Waals surface area contributed by atoms with E-state index >= 15 is 0 Å². The summed E-state index contributed by atoms with van der Waals surface area (Å²) >= 11 is 0. The van der Waals surface area contributed by atoms with Crippen LogP contribution in [0.15, 0.2) is 42.7 Å². The highest BCUT2D eigenvalue weighted by Crippen LogP contribution is 2.22. The Kier molecular flexibility index (Phi) is 3.95. The number of hydrogen-bond acceptors (Lipinski definition) is 2. The van der Waals surface area contributed by atoms with Crippen molar-refractivity contribution in [3.05, 3.63) is 53.9 Å². The van der Waals surface area contributed by atoms with E-state index in [1.165, 1.54) is 5.56 Å². The lowest BCUT2D eigenvalue weighted by atomic mass is 9.99. The molecule has 0 atom stereocenters. The first kappa shape index (κ1) is 13.3. The summed E-state index contributed by atoms with van der Waals surface area (Å²) in [5.41, 5.74) is 3.91. The second-order valence-electron chi connectivity index (χ2n) is 4.82. The number of hydrogen-bond donors (Lipinski definition) is 1. The van der Waals surface area contributed by atoms with E-state index in [4.69, 9.17) is 0 Å². The number of pyridine rings is 1. The number of aromatic nitrogens is 1. The maximum atomic E-state index is 11.6. The molecule has 0 saturated heterocycles. The van der Waals surface area contributed by atoms with Crippen LogP contribution in [0.1, 0.15) is 35.7 Å². The topological polar surface area (TPSA) is 42.0 Å². The van der Waals surface area contributed by atoms with Crippen molar-refractivity contribution in [3.8, 4) is 11.1 Å². The molecule has 0 radical (unpaired) electrons. The number of rotatable bonds is 3. The molecule has 19 heavy (non-hydrogen) atoms. The van der Waals surface area contributed by atoms with Crippen LogP contribution in [0.2, 0.25) is 0 Å². The van der Waals surface area contributed by atoms with Crippen LogP contribution >= 0.6 is 0 Å². The molecule has 0 aliphatic rings. The Bertz CT molecular complexity index is 574. The summed E-state index contributed by atoms with van der Waals surface area (Å²) in [6.07, 6.45) is 3.35. The molecule has 1 aromatic heterocycles. The lowest BCUT2D eigenvalue weighted by Crippen LogP contribution is -2.17. The van der Waals surface area contributed by atoms with Gasteiger partial charge in [-0.25, -0.2) is 0 Å². The maximum Gasteiger partial charge on any atom is 0.252 e. The molecule has 0 fully saturated rings. The highest BCUT2D eigenvalue weighted by Gasteiger charge is 2.06. The van der Waals surface area contributed by atoms with Gasteiger partial charge in [0, 0.05) is 25.0 Å². The highest BCUT2D eigenvalue weighted by molar-refractivity contribution is 5.94. The van der Waals surface area contributed by atoms with Gasteiger partial charge in [-0.05, 0) is 23.1 Å². The Morgan fingerprint density at radius 2 is 1.79 bits per heavy atom. The van der Waals surface area contributed by atoms with Gasteiger partial charge in [-0.3, -0.25) is 9.78 Å². The standard InChI is InChI=1S/C16H18N2O/c1-11(2)12-4-6-13(7-5-12)14-8-15(10-18-9-14)16(19)17-3/h4-11H,1-3H3,(H,17,19). The second-order valence-corrected chi connectivity index (χ2v) is 4.82. The molecule has 3 nitrogen and oxygen atoms in total. The van der Waals surface area contributed by atoms with Crippen molar-refractivity contribution >= 4 is 5.91 Å². The molecular weight excluding hydrogens is 236 g/mol. The first-order valence-electron chi connectivity index (χ1n) is 6.39. The molecule has 1 N–H and O–H groups in total. The van der Waals surface area contributed by atoms with Crippen LogP contribution in [0, 0.1) is 0 Å². The SMILES string of the molecule is CNC(=O)c1cncc(-c2ccc(C(C)C)cc2)c1. The predicted octanol–water partition coefficient (Wildman–Crippen LogP) is 3.23. The predicted molar refractivity (Wildman–Crippen MR) is 77.2 cm³/mol. The zero-order valence-electron chi connectivity index (χ0n) is 11.5. The van der Waals surface area contributed by atoms with Gasteiger partial charge in [-0.15, -0.1) is 0 Å². The fraction of sp³-hybridized carbons (Fsp3) is 0.250. The van der Waals surface area contributed by atoms with Gasteiger partial charge in [0.25, 0.3) is 5.91 Å². The Balaban J connectivity index is 2.33. The molecule has 0 saturated carbocycles. The third-order valence-corrected chi connectivity index (χ3v) is 3.14. The van der Waals surface area contributed by atoms with E-state index in [2.05, 4.69) is 48.4 Å². The molecule has 0 spiro atoms. The minimum atomic E-state index is -0.117. The van der Waals surface area contributed by atoms with Crippen LogP contribution in [-0.4, -0.2) is 17.9 Å². The van der Waals surface area contributed by atoms with E-state index in [0.29, 0.717) is 11.5 Å². The molecule has 2 aromatic rings. The minimum Gasteiger partial charge on any atom is -0.355 e. The van der Waals surface area contributed by atoms with Crippen LogP contribution in [0.25, 0.3) is 11.1 Å². The summed E-state index contributed by atoms with van der Waals surface area (Å²) in [4.78, 5) is 15.7. The van der Waals surface area contributed by atoms with E-state index in [-0.39, 0.29) is 5.91 Å². The van der Waals surface area contributed by atoms with Gasteiger partial charge in [-0.1, -0.05) is 38.1 Å².